The summed E-state index contributed by atoms with van der Waals surface area (Å²) in [4.78, 5) is 25.1. The van der Waals surface area contributed by atoms with Crippen LogP contribution in [0.2, 0.25) is 0 Å². The number of nitrogens with one attached hydrogen (secondary N) is 1. The van der Waals surface area contributed by atoms with Crippen molar-refractivity contribution in [1.29, 1.82) is 0 Å². The highest BCUT2D eigenvalue weighted by Gasteiger charge is 2.19. The van der Waals surface area contributed by atoms with E-state index in [1.54, 1.807) is 36.4 Å². The zero-order valence-electron chi connectivity index (χ0n) is 22.2. The van der Waals surface area contributed by atoms with Crippen molar-refractivity contribution in [2.24, 2.45) is 5.10 Å². The highest BCUT2D eigenvalue weighted by Crippen LogP contribution is 2.38. The zero-order chi connectivity index (χ0) is 28.3. The van der Waals surface area contributed by atoms with Gasteiger partial charge in [0.15, 0.2) is 18.1 Å². The largest absolute Gasteiger partial charge is 0.493 e. The first-order valence-corrected chi connectivity index (χ1v) is 12.2. The summed E-state index contributed by atoms with van der Waals surface area (Å²) < 4.78 is 27.1. The maximum atomic E-state index is 12.9. The van der Waals surface area contributed by atoms with Crippen LogP contribution in [0.1, 0.15) is 15.9 Å². The Balaban J connectivity index is 1.35. The molecule has 0 atom stereocenters. The first kappa shape index (κ1) is 27.7. The second-order valence-corrected chi connectivity index (χ2v) is 8.31. The van der Waals surface area contributed by atoms with Gasteiger partial charge < -0.3 is 23.7 Å². The minimum atomic E-state index is -0.643. The van der Waals surface area contributed by atoms with Crippen molar-refractivity contribution in [1.82, 2.24) is 5.43 Å². The normalized spacial score (nSPS) is 10.6. The third kappa shape index (κ3) is 6.96. The van der Waals surface area contributed by atoms with Gasteiger partial charge in [-0.05, 0) is 47.5 Å². The third-order valence-electron chi connectivity index (χ3n) is 5.75. The molecule has 1 N–H and O–H groups in total. The molecular weight excluding hydrogens is 512 g/mol. The average Bonchev–Trinajstić information content (AvgIpc) is 3.00. The lowest BCUT2D eigenvalue weighted by Gasteiger charge is -2.14. The van der Waals surface area contributed by atoms with E-state index < -0.39 is 11.9 Å². The van der Waals surface area contributed by atoms with Crippen LogP contribution in [-0.4, -0.2) is 46.0 Å². The topological polar surface area (TPSA) is 105 Å². The lowest BCUT2D eigenvalue weighted by atomic mass is 10.1. The number of methoxy groups -OCH3 is 3. The van der Waals surface area contributed by atoms with Gasteiger partial charge in [0.2, 0.25) is 5.75 Å². The highest BCUT2D eigenvalue weighted by atomic mass is 16.5. The second kappa shape index (κ2) is 13.5. The van der Waals surface area contributed by atoms with Gasteiger partial charge in [-0.2, -0.15) is 5.10 Å². The fourth-order valence-corrected chi connectivity index (χ4v) is 3.77. The molecule has 9 nitrogen and oxygen atoms in total. The predicted molar refractivity (Wildman–Crippen MR) is 151 cm³/mol. The van der Waals surface area contributed by atoms with Gasteiger partial charge in [-0.1, -0.05) is 54.6 Å². The van der Waals surface area contributed by atoms with Crippen molar-refractivity contribution >= 4 is 18.1 Å². The smallest absolute Gasteiger partial charge is 0.343 e. The first-order chi connectivity index (χ1) is 19.5. The van der Waals surface area contributed by atoms with Gasteiger partial charge >= 0.3 is 5.97 Å². The molecular formula is C31H28N2O7. The van der Waals surface area contributed by atoms with Gasteiger partial charge in [0.1, 0.15) is 11.5 Å². The first-order valence-electron chi connectivity index (χ1n) is 12.2. The Morgan fingerprint density at radius 2 is 1.38 bits per heavy atom. The van der Waals surface area contributed by atoms with Crippen molar-refractivity contribution in [2.75, 3.05) is 27.9 Å². The molecule has 0 radical (unpaired) electrons. The molecule has 0 heterocycles. The van der Waals surface area contributed by atoms with Crippen LogP contribution in [0.15, 0.2) is 96.1 Å². The van der Waals surface area contributed by atoms with Crippen LogP contribution in [0.5, 0.6) is 28.7 Å². The minimum Gasteiger partial charge on any atom is -0.493 e. The molecule has 0 spiro atoms. The maximum Gasteiger partial charge on any atom is 0.343 e. The zero-order valence-corrected chi connectivity index (χ0v) is 22.2. The molecule has 0 saturated heterocycles. The molecule has 0 saturated carbocycles. The summed E-state index contributed by atoms with van der Waals surface area (Å²) in [5, 5.41) is 3.97. The van der Waals surface area contributed by atoms with Crippen molar-refractivity contribution in [3.05, 3.63) is 102 Å². The quantitative estimate of drug-likeness (QED) is 0.122. The summed E-state index contributed by atoms with van der Waals surface area (Å²) in [6, 6.07) is 27.2. The van der Waals surface area contributed by atoms with E-state index in [9.17, 15) is 9.59 Å². The number of benzene rings is 4. The van der Waals surface area contributed by atoms with E-state index in [-0.39, 0.29) is 17.9 Å². The van der Waals surface area contributed by atoms with E-state index in [4.69, 9.17) is 23.7 Å². The molecule has 0 aliphatic heterocycles. The molecule has 0 bridgehead atoms. The van der Waals surface area contributed by atoms with E-state index >= 15 is 0 Å². The molecule has 1 amide bonds. The van der Waals surface area contributed by atoms with Gasteiger partial charge in [0.05, 0.1) is 33.1 Å². The summed E-state index contributed by atoms with van der Waals surface area (Å²) in [5.41, 5.74) is 5.22. The molecule has 0 aromatic heterocycles. The maximum absolute atomic E-state index is 12.9. The Morgan fingerprint density at radius 1 is 0.750 bits per heavy atom. The number of amides is 1. The number of para-hydroxylation sites is 1. The number of carbonyl (C=O) groups excluding carboxylic acids is 2. The molecule has 204 valence electrons. The SMILES string of the molecule is COc1cc(C(=O)Oc2ccccc2/C=N\NC(=O)COc2ccc(-c3ccccc3)cc2)cc(OC)c1OC. The van der Waals surface area contributed by atoms with Gasteiger partial charge in [0, 0.05) is 5.56 Å². The van der Waals surface area contributed by atoms with Crippen LogP contribution < -0.4 is 29.1 Å². The number of esters is 1. The molecule has 0 aliphatic rings. The molecule has 0 fully saturated rings. The predicted octanol–water partition coefficient (Wildman–Crippen LogP) is 5.13. The molecule has 40 heavy (non-hydrogen) atoms. The number of nitrogens with zero attached hydrogens (tertiary/aromatic N) is 1. The Kier molecular flexibility index (Phi) is 9.34. The Hall–Kier alpha value is -5.31. The average molecular weight is 541 g/mol. The number of carbonyl (C=O) groups is 2. The van der Waals surface area contributed by atoms with Crippen molar-refractivity contribution in [3.63, 3.8) is 0 Å². The number of hydrogen-bond donors (Lipinski definition) is 1. The van der Waals surface area contributed by atoms with Crippen LogP contribution in [-0.2, 0) is 4.79 Å². The summed E-state index contributed by atoms with van der Waals surface area (Å²) in [6.07, 6.45) is 1.38. The number of rotatable bonds is 11. The van der Waals surface area contributed by atoms with E-state index in [1.165, 1.54) is 39.7 Å². The fraction of sp³-hybridized carbons (Fsp3) is 0.129. The Labute approximate surface area is 231 Å². The van der Waals surface area contributed by atoms with Crippen LogP contribution >= 0.6 is 0 Å². The third-order valence-corrected chi connectivity index (χ3v) is 5.75. The molecule has 4 aromatic rings. The van der Waals surface area contributed by atoms with E-state index in [0.717, 1.165) is 11.1 Å². The monoisotopic (exact) mass is 540 g/mol. The van der Waals surface area contributed by atoms with Crippen LogP contribution in [0.3, 0.4) is 0 Å². The van der Waals surface area contributed by atoms with Crippen LogP contribution in [0.25, 0.3) is 11.1 Å². The van der Waals surface area contributed by atoms with Gasteiger partial charge in [-0.3, -0.25) is 4.79 Å². The molecule has 4 rings (SSSR count). The van der Waals surface area contributed by atoms with Gasteiger partial charge in [-0.15, -0.1) is 0 Å². The Morgan fingerprint density at radius 3 is 2.02 bits per heavy atom. The summed E-state index contributed by atoms with van der Waals surface area (Å²) in [6.45, 7) is -0.222. The summed E-state index contributed by atoms with van der Waals surface area (Å²) in [5.74, 6) is 0.711. The molecule has 0 aliphatic carbocycles. The lowest BCUT2D eigenvalue weighted by molar-refractivity contribution is -0.123. The lowest BCUT2D eigenvalue weighted by Crippen LogP contribution is -2.24. The highest BCUT2D eigenvalue weighted by molar-refractivity contribution is 5.94. The molecule has 4 aromatic carbocycles. The van der Waals surface area contributed by atoms with Gasteiger partial charge in [-0.25, -0.2) is 10.2 Å². The van der Waals surface area contributed by atoms with Gasteiger partial charge in [0.25, 0.3) is 5.91 Å². The molecule has 9 heteroatoms. The number of hydrazone groups is 1. The Bertz CT molecular complexity index is 1460. The standard InChI is InChI=1S/C31H28N2O7/c1-36-27-17-24(18-28(37-2)30(27)38-3)31(35)40-26-12-8-7-11-23(26)19-32-33-29(34)20-39-25-15-13-22(14-16-25)21-9-5-4-6-10-21/h4-19H,20H2,1-3H3,(H,33,34)/b32-19-. The fourth-order valence-electron chi connectivity index (χ4n) is 3.77. The number of hydrogen-bond acceptors (Lipinski definition) is 8. The number of ether oxygens (including phenoxy) is 5. The van der Waals surface area contributed by atoms with E-state index in [1.807, 2.05) is 42.5 Å². The molecule has 0 unspecified atom stereocenters. The summed E-state index contributed by atoms with van der Waals surface area (Å²) in [7, 11) is 4.39. The van der Waals surface area contributed by atoms with Crippen molar-refractivity contribution in [3.8, 4) is 39.9 Å². The van der Waals surface area contributed by atoms with Crippen LogP contribution in [0, 0.1) is 0 Å². The summed E-state index contributed by atoms with van der Waals surface area (Å²) >= 11 is 0. The van der Waals surface area contributed by atoms with E-state index in [2.05, 4.69) is 10.5 Å². The van der Waals surface area contributed by atoms with E-state index in [0.29, 0.717) is 28.6 Å². The van der Waals surface area contributed by atoms with Crippen molar-refractivity contribution in [2.45, 2.75) is 0 Å². The minimum absolute atomic E-state index is 0.198. The van der Waals surface area contributed by atoms with Crippen LogP contribution in [0.4, 0.5) is 0 Å². The second-order valence-electron chi connectivity index (χ2n) is 8.31. The van der Waals surface area contributed by atoms with Crippen molar-refractivity contribution < 1.29 is 33.3 Å².